The molecule has 0 radical (unpaired) electrons. The number of rotatable bonds is 4. The lowest BCUT2D eigenvalue weighted by molar-refractivity contribution is -0.108. The number of carbonyl (C=O) groups excluding carboxylic acids is 1. The molecule has 6 nitrogen and oxygen atoms in total. The first-order valence-electron chi connectivity index (χ1n) is 6.48. The highest BCUT2D eigenvalue weighted by atomic mass is 32.2. The van der Waals surface area contributed by atoms with Crippen LogP contribution in [0.15, 0.2) is 18.2 Å². The van der Waals surface area contributed by atoms with E-state index in [9.17, 15) is 26.4 Å². The summed E-state index contributed by atoms with van der Waals surface area (Å²) in [4.78, 5) is 11.6. The Morgan fingerprint density at radius 3 is 2.61 bits per heavy atom. The van der Waals surface area contributed by atoms with Gasteiger partial charge in [-0.3, -0.25) is 0 Å². The molecule has 0 amide bonds. The maximum Gasteiger partial charge on any atom is 0.523 e. The third kappa shape index (κ3) is 3.58. The van der Waals surface area contributed by atoms with Crippen LogP contribution in [0.5, 0.6) is 5.75 Å². The van der Waals surface area contributed by atoms with Crippen LogP contribution in [0.3, 0.4) is 0 Å². The van der Waals surface area contributed by atoms with E-state index in [4.69, 9.17) is 9.47 Å². The summed E-state index contributed by atoms with van der Waals surface area (Å²) in [6, 6.07) is 4.07. The molecule has 0 saturated carbocycles. The van der Waals surface area contributed by atoms with E-state index in [0.717, 1.165) is 6.92 Å². The van der Waals surface area contributed by atoms with Crippen LogP contribution >= 0.6 is 0 Å². The quantitative estimate of drug-likeness (QED) is 0.469. The average molecular weight is 354 g/mol. The van der Waals surface area contributed by atoms with Gasteiger partial charge in [0.2, 0.25) is 5.79 Å². The van der Waals surface area contributed by atoms with E-state index < -0.39 is 27.4 Å². The Morgan fingerprint density at radius 1 is 1.39 bits per heavy atom. The standard InChI is InChI=1S/C13H13F3O6S/c1-3-20-11(17)8-4-5-10-9(6-8)7-12(2,21-10)22-23(18,19)13(14,15)16/h4-6H,3,7H2,1-2H3. The van der Waals surface area contributed by atoms with E-state index in [0.29, 0.717) is 5.56 Å². The number of ether oxygens (including phenoxy) is 2. The van der Waals surface area contributed by atoms with Gasteiger partial charge in [-0.15, -0.1) is 0 Å². The second-order valence-corrected chi connectivity index (χ2v) is 6.48. The van der Waals surface area contributed by atoms with Gasteiger partial charge >= 0.3 is 21.6 Å². The first-order valence-corrected chi connectivity index (χ1v) is 7.89. The Balaban J connectivity index is 2.23. The lowest BCUT2D eigenvalue weighted by Gasteiger charge is -2.23. The minimum absolute atomic E-state index is 0.137. The first-order chi connectivity index (χ1) is 10.5. The van der Waals surface area contributed by atoms with Crippen molar-refractivity contribution in [3.63, 3.8) is 0 Å². The molecule has 1 aliphatic heterocycles. The normalized spacial score (nSPS) is 20.7. The van der Waals surface area contributed by atoms with Gasteiger partial charge in [0.15, 0.2) is 0 Å². The predicted molar refractivity (Wildman–Crippen MR) is 71.2 cm³/mol. The number of benzene rings is 1. The van der Waals surface area contributed by atoms with Crippen LogP contribution in [-0.2, 0) is 25.5 Å². The zero-order chi connectivity index (χ0) is 17.5. The van der Waals surface area contributed by atoms with E-state index in [2.05, 4.69) is 4.18 Å². The van der Waals surface area contributed by atoms with Crippen LogP contribution in [-0.4, -0.2) is 32.3 Å². The lowest BCUT2D eigenvalue weighted by atomic mass is 10.1. The van der Waals surface area contributed by atoms with E-state index in [-0.39, 0.29) is 24.3 Å². The van der Waals surface area contributed by atoms with Gasteiger partial charge in [-0.2, -0.15) is 21.6 Å². The number of esters is 1. The number of hydrogen-bond donors (Lipinski definition) is 0. The molecule has 1 unspecified atom stereocenters. The third-order valence-corrected chi connectivity index (χ3v) is 4.12. The van der Waals surface area contributed by atoms with Gasteiger partial charge in [0.25, 0.3) is 0 Å². The Hall–Kier alpha value is -1.81. The number of carbonyl (C=O) groups is 1. The van der Waals surface area contributed by atoms with Gasteiger partial charge in [-0.05, 0) is 25.1 Å². The largest absolute Gasteiger partial charge is 0.523 e. The molecule has 10 heteroatoms. The van der Waals surface area contributed by atoms with Crippen LogP contribution < -0.4 is 4.74 Å². The molecule has 0 aliphatic carbocycles. The summed E-state index contributed by atoms with van der Waals surface area (Å²) in [5.74, 6) is -2.50. The molecule has 0 spiro atoms. The fraction of sp³-hybridized carbons (Fsp3) is 0.462. The summed E-state index contributed by atoms with van der Waals surface area (Å²) in [5, 5.41) is 0. The Bertz CT molecular complexity index is 728. The minimum Gasteiger partial charge on any atom is -0.462 e. The molecule has 0 aromatic heterocycles. The summed E-state index contributed by atoms with van der Waals surface area (Å²) < 4.78 is 73.6. The summed E-state index contributed by atoms with van der Waals surface area (Å²) >= 11 is 0. The molecule has 1 aliphatic rings. The van der Waals surface area contributed by atoms with E-state index >= 15 is 0 Å². The zero-order valence-corrected chi connectivity index (χ0v) is 13.0. The van der Waals surface area contributed by atoms with Gasteiger partial charge < -0.3 is 9.47 Å². The van der Waals surface area contributed by atoms with Crippen molar-refractivity contribution in [2.45, 2.75) is 31.6 Å². The second kappa shape index (κ2) is 5.68. The Labute approximate surface area is 130 Å². The van der Waals surface area contributed by atoms with E-state index in [1.165, 1.54) is 18.2 Å². The van der Waals surface area contributed by atoms with Crippen LogP contribution in [0.25, 0.3) is 0 Å². The van der Waals surface area contributed by atoms with Gasteiger partial charge in [-0.25, -0.2) is 8.98 Å². The maximum atomic E-state index is 12.4. The van der Waals surface area contributed by atoms with Crippen molar-refractivity contribution in [2.24, 2.45) is 0 Å². The van der Waals surface area contributed by atoms with Crippen molar-refractivity contribution in [3.05, 3.63) is 29.3 Å². The van der Waals surface area contributed by atoms with Crippen LogP contribution in [0.2, 0.25) is 0 Å². The fourth-order valence-corrected chi connectivity index (χ4v) is 2.75. The van der Waals surface area contributed by atoms with Gasteiger partial charge in [-0.1, -0.05) is 0 Å². The molecular weight excluding hydrogens is 341 g/mol. The van der Waals surface area contributed by atoms with E-state index in [1.807, 2.05) is 0 Å². The highest BCUT2D eigenvalue weighted by molar-refractivity contribution is 7.87. The van der Waals surface area contributed by atoms with Crippen molar-refractivity contribution in [3.8, 4) is 5.75 Å². The van der Waals surface area contributed by atoms with Crippen molar-refractivity contribution in [2.75, 3.05) is 6.61 Å². The van der Waals surface area contributed by atoms with Gasteiger partial charge in [0.1, 0.15) is 5.75 Å². The SMILES string of the molecule is CCOC(=O)c1ccc2c(c1)CC(C)(OS(=O)(=O)C(F)(F)F)O2. The van der Waals surface area contributed by atoms with Crippen molar-refractivity contribution < 1.29 is 40.0 Å². The maximum absolute atomic E-state index is 12.4. The Morgan fingerprint density at radius 2 is 2.04 bits per heavy atom. The summed E-state index contributed by atoms with van der Waals surface area (Å²) in [5.41, 5.74) is -5.03. The summed E-state index contributed by atoms with van der Waals surface area (Å²) in [7, 11) is -5.81. The number of halogens is 3. The highest BCUT2D eigenvalue weighted by Gasteiger charge is 2.53. The summed E-state index contributed by atoms with van der Waals surface area (Å²) in [6.07, 6.45) is -0.273. The Kier molecular flexibility index (Phi) is 4.33. The smallest absolute Gasteiger partial charge is 0.462 e. The summed E-state index contributed by atoms with van der Waals surface area (Å²) in [6.45, 7) is 2.86. The highest BCUT2D eigenvalue weighted by Crippen LogP contribution is 2.39. The van der Waals surface area contributed by atoms with Crippen molar-refractivity contribution in [1.82, 2.24) is 0 Å². The monoisotopic (exact) mass is 354 g/mol. The van der Waals surface area contributed by atoms with Crippen molar-refractivity contribution in [1.29, 1.82) is 0 Å². The number of hydrogen-bond acceptors (Lipinski definition) is 6. The first kappa shape index (κ1) is 17.5. The molecular formula is C13H13F3O6S. The predicted octanol–water partition coefficient (Wildman–Crippen LogP) is 2.38. The molecule has 128 valence electrons. The fourth-order valence-electron chi connectivity index (χ4n) is 2.10. The molecule has 1 heterocycles. The average Bonchev–Trinajstić information content (AvgIpc) is 2.71. The molecule has 2 rings (SSSR count). The topological polar surface area (TPSA) is 78.9 Å². The van der Waals surface area contributed by atoms with Crippen molar-refractivity contribution >= 4 is 16.1 Å². The molecule has 1 aromatic rings. The zero-order valence-electron chi connectivity index (χ0n) is 12.1. The molecule has 0 bridgehead atoms. The second-order valence-electron chi connectivity index (χ2n) is 4.94. The number of alkyl halides is 3. The molecule has 0 fully saturated rings. The van der Waals surface area contributed by atoms with Crippen LogP contribution in [0, 0.1) is 0 Å². The lowest BCUT2D eigenvalue weighted by Crippen LogP contribution is -2.40. The molecule has 1 aromatic carbocycles. The molecule has 0 N–H and O–H groups in total. The minimum atomic E-state index is -5.81. The third-order valence-electron chi connectivity index (χ3n) is 2.98. The van der Waals surface area contributed by atoms with Crippen LogP contribution in [0.1, 0.15) is 29.8 Å². The van der Waals surface area contributed by atoms with Gasteiger partial charge in [0, 0.05) is 18.9 Å². The van der Waals surface area contributed by atoms with E-state index in [1.54, 1.807) is 6.92 Å². The number of fused-ring (bicyclic) bond motifs is 1. The van der Waals surface area contributed by atoms with Crippen LogP contribution in [0.4, 0.5) is 13.2 Å². The van der Waals surface area contributed by atoms with Gasteiger partial charge in [0.05, 0.1) is 12.2 Å². The molecule has 1 atom stereocenters. The molecule has 23 heavy (non-hydrogen) atoms. The molecule has 0 saturated heterocycles.